The molecule has 1 aromatic carbocycles. The summed E-state index contributed by atoms with van der Waals surface area (Å²) in [6, 6.07) is 7.55. The highest BCUT2D eigenvalue weighted by Gasteiger charge is 2.22. The van der Waals surface area contributed by atoms with Crippen LogP contribution in [-0.2, 0) is 4.79 Å². The van der Waals surface area contributed by atoms with Crippen LogP contribution in [0.1, 0.15) is 39.0 Å². The molecule has 1 aliphatic carbocycles. The Labute approximate surface area is 120 Å². The van der Waals surface area contributed by atoms with Crippen LogP contribution in [0, 0.1) is 5.92 Å². The van der Waals surface area contributed by atoms with Gasteiger partial charge in [-0.25, -0.2) is 0 Å². The minimum atomic E-state index is 0.0826. The Hall–Kier alpha value is -1.71. The summed E-state index contributed by atoms with van der Waals surface area (Å²) in [6.45, 7) is 2.62. The van der Waals surface area contributed by atoms with Crippen LogP contribution >= 0.6 is 0 Å². The maximum atomic E-state index is 11.9. The molecule has 1 aromatic rings. The Balaban J connectivity index is 1.68. The van der Waals surface area contributed by atoms with Gasteiger partial charge in [0.25, 0.3) is 0 Å². The number of carbonyl (C=O) groups is 1. The number of anilines is 1. The van der Waals surface area contributed by atoms with E-state index in [4.69, 9.17) is 10.5 Å². The van der Waals surface area contributed by atoms with Crippen LogP contribution in [-0.4, -0.2) is 18.6 Å². The second-order valence-corrected chi connectivity index (χ2v) is 5.60. The normalized spacial score (nSPS) is 22.2. The summed E-state index contributed by atoms with van der Waals surface area (Å²) >= 11 is 0. The van der Waals surface area contributed by atoms with Crippen molar-refractivity contribution < 1.29 is 9.53 Å². The van der Waals surface area contributed by atoms with Crippen molar-refractivity contribution >= 4 is 11.6 Å². The molecule has 0 aromatic heterocycles. The molecule has 1 aliphatic rings. The maximum Gasteiger partial charge on any atom is 0.223 e. The topological polar surface area (TPSA) is 64.3 Å². The molecule has 0 spiro atoms. The molecule has 2 unspecified atom stereocenters. The third-order valence-electron chi connectivity index (χ3n) is 3.94. The number of amides is 1. The van der Waals surface area contributed by atoms with Gasteiger partial charge in [0.1, 0.15) is 5.75 Å². The van der Waals surface area contributed by atoms with E-state index in [1.165, 1.54) is 19.3 Å². The Morgan fingerprint density at radius 3 is 2.70 bits per heavy atom. The summed E-state index contributed by atoms with van der Waals surface area (Å²) < 4.78 is 5.53. The predicted octanol–water partition coefficient (Wildman–Crippen LogP) is 2.73. The second-order valence-electron chi connectivity index (χ2n) is 5.60. The highest BCUT2D eigenvalue weighted by molar-refractivity contribution is 5.76. The highest BCUT2D eigenvalue weighted by atomic mass is 16.5. The quantitative estimate of drug-likeness (QED) is 0.813. The summed E-state index contributed by atoms with van der Waals surface area (Å²) in [5, 5.41) is 3.13. The highest BCUT2D eigenvalue weighted by Crippen LogP contribution is 2.23. The lowest BCUT2D eigenvalue weighted by Gasteiger charge is -2.29. The van der Waals surface area contributed by atoms with Gasteiger partial charge in [0.2, 0.25) is 5.91 Å². The Bertz CT molecular complexity index is 431. The number of nitrogens with one attached hydrogen (secondary N) is 1. The first-order chi connectivity index (χ1) is 9.65. The molecule has 2 atom stereocenters. The van der Waals surface area contributed by atoms with E-state index in [-0.39, 0.29) is 5.91 Å². The van der Waals surface area contributed by atoms with Gasteiger partial charge in [-0.2, -0.15) is 0 Å². The third kappa shape index (κ3) is 4.44. The maximum absolute atomic E-state index is 11.9. The van der Waals surface area contributed by atoms with Crippen molar-refractivity contribution in [3.63, 3.8) is 0 Å². The lowest BCUT2D eigenvalue weighted by molar-refractivity contribution is -0.122. The molecule has 110 valence electrons. The average molecular weight is 276 g/mol. The third-order valence-corrected chi connectivity index (χ3v) is 3.94. The predicted molar refractivity (Wildman–Crippen MR) is 80.5 cm³/mol. The largest absolute Gasteiger partial charge is 0.493 e. The number of hydrogen-bond donors (Lipinski definition) is 2. The number of nitrogens with two attached hydrogens (primary N) is 1. The van der Waals surface area contributed by atoms with Crippen LogP contribution in [0.4, 0.5) is 5.69 Å². The van der Waals surface area contributed by atoms with Gasteiger partial charge in [0.05, 0.1) is 13.0 Å². The van der Waals surface area contributed by atoms with Gasteiger partial charge in [-0.3, -0.25) is 4.79 Å². The number of rotatable bonds is 5. The lowest BCUT2D eigenvalue weighted by Crippen LogP contribution is -2.41. The summed E-state index contributed by atoms with van der Waals surface area (Å²) in [5.74, 6) is 1.42. The molecule has 1 saturated carbocycles. The van der Waals surface area contributed by atoms with Crippen LogP contribution < -0.4 is 15.8 Å². The summed E-state index contributed by atoms with van der Waals surface area (Å²) in [7, 11) is 0. The van der Waals surface area contributed by atoms with Crippen LogP contribution in [0.2, 0.25) is 0 Å². The van der Waals surface area contributed by atoms with Crippen LogP contribution in [0.3, 0.4) is 0 Å². The van der Waals surface area contributed by atoms with Crippen LogP contribution in [0.5, 0.6) is 5.75 Å². The van der Waals surface area contributed by atoms with Crippen molar-refractivity contribution in [2.45, 2.75) is 45.1 Å². The Morgan fingerprint density at radius 1 is 1.30 bits per heavy atom. The van der Waals surface area contributed by atoms with Crippen molar-refractivity contribution in [1.82, 2.24) is 5.32 Å². The molecule has 1 amide bonds. The summed E-state index contributed by atoms with van der Waals surface area (Å²) in [6.07, 6.45) is 5.22. The summed E-state index contributed by atoms with van der Waals surface area (Å²) in [4.78, 5) is 11.9. The molecule has 4 heteroatoms. The van der Waals surface area contributed by atoms with Crippen molar-refractivity contribution in [2.75, 3.05) is 12.3 Å². The molecular formula is C16H24N2O2. The SMILES string of the molecule is CC1CCCCC1NC(=O)CCOc1ccc(N)cc1. The molecule has 0 heterocycles. The van der Waals surface area contributed by atoms with Crippen LogP contribution in [0.25, 0.3) is 0 Å². The molecule has 3 N–H and O–H groups in total. The van der Waals surface area contributed by atoms with E-state index in [1.54, 1.807) is 12.1 Å². The van der Waals surface area contributed by atoms with Gasteiger partial charge in [-0.05, 0) is 43.0 Å². The van der Waals surface area contributed by atoms with Crippen LogP contribution in [0.15, 0.2) is 24.3 Å². The van der Waals surface area contributed by atoms with E-state index in [1.807, 2.05) is 12.1 Å². The molecule has 0 saturated heterocycles. The minimum Gasteiger partial charge on any atom is -0.493 e. The van der Waals surface area contributed by atoms with E-state index in [0.717, 1.165) is 12.2 Å². The van der Waals surface area contributed by atoms with E-state index < -0.39 is 0 Å². The van der Waals surface area contributed by atoms with Gasteiger partial charge in [-0.1, -0.05) is 19.8 Å². The summed E-state index contributed by atoms with van der Waals surface area (Å²) in [5.41, 5.74) is 6.31. The number of carbonyl (C=O) groups excluding carboxylic acids is 1. The van der Waals surface area contributed by atoms with Gasteiger partial charge in [0, 0.05) is 11.7 Å². The lowest BCUT2D eigenvalue weighted by atomic mass is 9.86. The van der Waals surface area contributed by atoms with E-state index in [0.29, 0.717) is 30.7 Å². The fourth-order valence-corrected chi connectivity index (χ4v) is 2.64. The van der Waals surface area contributed by atoms with E-state index in [2.05, 4.69) is 12.2 Å². The minimum absolute atomic E-state index is 0.0826. The zero-order valence-corrected chi connectivity index (χ0v) is 12.1. The van der Waals surface area contributed by atoms with Crippen molar-refractivity contribution in [3.8, 4) is 5.75 Å². The number of nitrogen functional groups attached to an aromatic ring is 1. The zero-order valence-electron chi connectivity index (χ0n) is 12.1. The fourth-order valence-electron chi connectivity index (χ4n) is 2.64. The molecule has 0 bridgehead atoms. The Kier molecular flexibility index (Phi) is 5.27. The first kappa shape index (κ1) is 14.7. The molecule has 4 nitrogen and oxygen atoms in total. The Morgan fingerprint density at radius 2 is 2.00 bits per heavy atom. The smallest absolute Gasteiger partial charge is 0.223 e. The number of hydrogen-bond acceptors (Lipinski definition) is 3. The standard InChI is InChI=1S/C16H24N2O2/c1-12-4-2-3-5-15(12)18-16(19)10-11-20-14-8-6-13(17)7-9-14/h6-9,12,15H,2-5,10-11,17H2,1H3,(H,18,19). The average Bonchev–Trinajstić information content (AvgIpc) is 2.44. The first-order valence-corrected chi connectivity index (χ1v) is 7.43. The zero-order chi connectivity index (χ0) is 14.4. The van der Waals surface area contributed by atoms with E-state index in [9.17, 15) is 4.79 Å². The molecule has 20 heavy (non-hydrogen) atoms. The van der Waals surface area contributed by atoms with Crippen molar-refractivity contribution in [2.24, 2.45) is 5.92 Å². The monoisotopic (exact) mass is 276 g/mol. The number of benzene rings is 1. The molecule has 0 radical (unpaired) electrons. The molecule has 1 fully saturated rings. The van der Waals surface area contributed by atoms with Gasteiger partial charge >= 0.3 is 0 Å². The molecular weight excluding hydrogens is 252 g/mol. The van der Waals surface area contributed by atoms with Gasteiger partial charge < -0.3 is 15.8 Å². The fraction of sp³-hybridized carbons (Fsp3) is 0.562. The van der Waals surface area contributed by atoms with Gasteiger partial charge in [-0.15, -0.1) is 0 Å². The van der Waals surface area contributed by atoms with Gasteiger partial charge in [0.15, 0.2) is 0 Å². The number of ether oxygens (including phenoxy) is 1. The van der Waals surface area contributed by atoms with Crippen molar-refractivity contribution in [3.05, 3.63) is 24.3 Å². The second kappa shape index (κ2) is 7.17. The molecule has 2 rings (SSSR count). The first-order valence-electron chi connectivity index (χ1n) is 7.43. The molecule has 0 aliphatic heterocycles. The van der Waals surface area contributed by atoms with Crippen molar-refractivity contribution in [1.29, 1.82) is 0 Å². The van der Waals surface area contributed by atoms with E-state index >= 15 is 0 Å².